The third-order valence-electron chi connectivity index (χ3n) is 4.38. The Morgan fingerprint density at radius 3 is 2.25 bits per heavy atom. The number of halogens is 1. The Labute approximate surface area is 139 Å². The second kappa shape index (κ2) is 8.05. The van der Waals surface area contributed by atoms with Gasteiger partial charge >= 0.3 is 0 Å². The number of amides is 1. The van der Waals surface area contributed by atoms with Crippen molar-refractivity contribution in [2.24, 2.45) is 16.8 Å². The number of nitrogens with one attached hydrogen (secondary N) is 1. The smallest absolute Gasteiger partial charge is 0.241 e. The van der Waals surface area contributed by atoms with Crippen molar-refractivity contribution in [3.05, 3.63) is 0 Å². The number of guanidine groups is 1. The topological polar surface area (TPSA) is 47.9 Å². The molecule has 2 aliphatic rings. The van der Waals surface area contributed by atoms with E-state index in [1.165, 1.54) is 25.7 Å². The first kappa shape index (κ1) is 17.5. The summed E-state index contributed by atoms with van der Waals surface area (Å²) >= 11 is 0. The molecule has 20 heavy (non-hydrogen) atoms. The summed E-state index contributed by atoms with van der Waals surface area (Å²) in [5, 5.41) is 3.19. The molecule has 0 aromatic carbocycles. The monoisotopic (exact) mass is 394 g/mol. The van der Waals surface area contributed by atoms with Gasteiger partial charge in [-0.2, -0.15) is 0 Å². The second-order valence-corrected chi connectivity index (χ2v) is 5.90. The van der Waals surface area contributed by atoms with Gasteiger partial charge in [-0.3, -0.25) is 9.79 Å². The lowest BCUT2D eigenvalue weighted by Crippen LogP contribution is -2.44. The van der Waals surface area contributed by atoms with Gasteiger partial charge in [0.1, 0.15) is 0 Å². The molecule has 0 aromatic heterocycles. The van der Waals surface area contributed by atoms with Crippen LogP contribution in [0.15, 0.2) is 4.99 Å². The molecule has 1 aliphatic carbocycles. The molecule has 6 heteroatoms. The zero-order chi connectivity index (χ0) is 13.8. The Morgan fingerprint density at radius 2 is 1.80 bits per heavy atom. The van der Waals surface area contributed by atoms with E-state index < -0.39 is 0 Å². The van der Waals surface area contributed by atoms with Crippen LogP contribution in [0.1, 0.15) is 25.7 Å². The van der Waals surface area contributed by atoms with Crippen LogP contribution in [-0.4, -0.2) is 62.4 Å². The predicted molar refractivity (Wildman–Crippen MR) is 92.5 cm³/mol. The van der Waals surface area contributed by atoms with Crippen molar-refractivity contribution in [1.29, 1.82) is 0 Å². The first-order valence-electron chi connectivity index (χ1n) is 7.27. The van der Waals surface area contributed by atoms with Crippen LogP contribution in [0, 0.1) is 11.8 Å². The molecule has 0 aromatic rings. The average Bonchev–Trinajstić information content (AvgIpc) is 2.82. The predicted octanol–water partition coefficient (Wildman–Crippen LogP) is 1.39. The zero-order valence-corrected chi connectivity index (χ0v) is 15.1. The van der Waals surface area contributed by atoms with Gasteiger partial charge in [0, 0.05) is 34.2 Å². The number of carbonyl (C=O) groups excluding carboxylic acids is 1. The van der Waals surface area contributed by atoms with E-state index in [9.17, 15) is 4.79 Å². The van der Waals surface area contributed by atoms with Crippen LogP contribution in [0.3, 0.4) is 0 Å². The molecule has 2 fully saturated rings. The minimum Gasteiger partial charge on any atom is -0.347 e. The molecule has 2 unspecified atom stereocenters. The van der Waals surface area contributed by atoms with Crippen molar-refractivity contribution in [3.63, 3.8) is 0 Å². The molecular formula is C14H27IN4O. The van der Waals surface area contributed by atoms with E-state index in [4.69, 9.17) is 0 Å². The number of hydrogen-bond acceptors (Lipinski definition) is 2. The Bertz CT molecular complexity index is 345. The van der Waals surface area contributed by atoms with Crippen LogP contribution in [0.2, 0.25) is 0 Å². The SMILES string of the molecule is CN=C(NCC(=O)N(C)C)N1CC2CCCCC2C1.I. The molecule has 0 radical (unpaired) electrons. The maximum Gasteiger partial charge on any atom is 0.241 e. The lowest BCUT2D eigenvalue weighted by molar-refractivity contribution is -0.127. The van der Waals surface area contributed by atoms with Crippen molar-refractivity contribution >= 4 is 35.8 Å². The third-order valence-corrected chi connectivity index (χ3v) is 4.38. The fraction of sp³-hybridized carbons (Fsp3) is 0.857. The molecule has 1 amide bonds. The first-order valence-corrected chi connectivity index (χ1v) is 7.27. The number of likely N-dealkylation sites (tertiary alicyclic amines) is 1. The summed E-state index contributed by atoms with van der Waals surface area (Å²) in [7, 11) is 5.35. The highest BCUT2D eigenvalue weighted by Gasteiger charge is 2.35. The summed E-state index contributed by atoms with van der Waals surface area (Å²) < 4.78 is 0. The van der Waals surface area contributed by atoms with Crippen LogP contribution in [0.25, 0.3) is 0 Å². The molecule has 116 valence electrons. The summed E-state index contributed by atoms with van der Waals surface area (Å²) in [6.07, 6.45) is 5.46. The van der Waals surface area contributed by atoms with E-state index >= 15 is 0 Å². The molecule has 1 saturated heterocycles. The minimum atomic E-state index is 0. The molecule has 0 spiro atoms. The Balaban J connectivity index is 0.00000200. The largest absolute Gasteiger partial charge is 0.347 e. The van der Waals surface area contributed by atoms with Gasteiger partial charge in [-0.15, -0.1) is 24.0 Å². The van der Waals surface area contributed by atoms with Gasteiger partial charge in [0.2, 0.25) is 5.91 Å². The summed E-state index contributed by atoms with van der Waals surface area (Å²) in [5.41, 5.74) is 0. The highest BCUT2D eigenvalue weighted by Crippen LogP contribution is 2.35. The van der Waals surface area contributed by atoms with E-state index in [1.54, 1.807) is 26.0 Å². The lowest BCUT2D eigenvalue weighted by Gasteiger charge is -2.22. The van der Waals surface area contributed by atoms with E-state index in [2.05, 4.69) is 15.2 Å². The molecule has 1 aliphatic heterocycles. The van der Waals surface area contributed by atoms with E-state index in [0.717, 1.165) is 30.9 Å². The number of likely N-dealkylation sites (N-methyl/N-ethyl adjacent to an activating group) is 1. The number of rotatable bonds is 2. The molecule has 1 saturated carbocycles. The number of aliphatic imine (C=N–C) groups is 1. The van der Waals surface area contributed by atoms with Crippen LogP contribution in [0.4, 0.5) is 0 Å². The van der Waals surface area contributed by atoms with Crippen molar-refractivity contribution in [3.8, 4) is 0 Å². The van der Waals surface area contributed by atoms with Crippen molar-refractivity contribution < 1.29 is 4.79 Å². The average molecular weight is 394 g/mol. The van der Waals surface area contributed by atoms with E-state index in [1.807, 2.05) is 0 Å². The van der Waals surface area contributed by atoms with Crippen LogP contribution >= 0.6 is 24.0 Å². The summed E-state index contributed by atoms with van der Waals surface area (Å²) in [6.45, 7) is 2.52. The van der Waals surface area contributed by atoms with Gasteiger partial charge in [0.05, 0.1) is 6.54 Å². The number of nitrogens with zero attached hydrogens (tertiary/aromatic N) is 3. The molecule has 1 heterocycles. The maximum absolute atomic E-state index is 11.6. The number of carbonyl (C=O) groups is 1. The maximum atomic E-state index is 11.6. The summed E-state index contributed by atoms with van der Waals surface area (Å²) in [6, 6.07) is 0. The van der Waals surface area contributed by atoms with Gasteiger partial charge in [0.25, 0.3) is 0 Å². The second-order valence-electron chi connectivity index (χ2n) is 5.90. The molecule has 5 nitrogen and oxygen atoms in total. The molecule has 2 rings (SSSR count). The van der Waals surface area contributed by atoms with Gasteiger partial charge in [-0.1, -0.05) is 12.8 Å². The Hall–Kier alpha value is -0.530. The molecular weight excluding hydrogens is 367 g/mol. The third kappa shape index (κ3) is 4.23. The van der Waals surface area contributed by atoms with Crippen molar-refractivity contribution in [2.75, 3.05) is 40.8 Å². The van der Waals surface area contributed by atoms with Crippen LogP contribution in [-0.2, 0) is 4.79 Å². The van der Waals surface area contributed by atoms with E-state index in [0.29, 0.717) is 6.54 Å². The van der Waals surface area contributed by atoms with Gasteiger partial charge in [0.15, 0.2) is 5.96 Å². The number of fused-ring (bicyclic) bond motifs is 1. The highest BCUT2D eigenvalue weighted by atomic mass is 127. The Kier molecular flexibility index (Phi) is 7.05. The quantitative estimate of drug-likeness (QED) is 0.438. The summed E-state index contributed by atoms with van der Waals surface area (Å²) in [5.74, 6) is 2.62. The zero-order valence-electron chi connectivity index (χ0n) is 12.8. The van der Waals surface area contributed by atoms with Gasteiger partial charge in [-0.25, -0.2) is 0 Å². The standard InChI is InChI=1S/C14H26N4O.HI/c1-15-14(16-8-13(19)17(2)3)18-9-11-6-4-5-7-12(11)10-18;/h11-12H,4-10H2,1-3H3,(H,15,16);1H. The molecule has 0 bridgehead atoms. The lowest BCUT2D eigenvalue weighted by atomic mass is 9.82. The summed E-state index contributed by atoms with van der Waals surface area (Å²) in [4.78, 5) is 19.9. The van der Waals surface area contributed by atoms with Gasteiger partial charge in [-0.05, 0) is 24.7 Å². The van der Waals surface area contributed by atoms with Crippen molar-refractivity contribution in [2.45, 2.75) is 25.7 Å². The molecule has 2 atom stereocenters. The van der Waals surface area contributed by atoms with Crippen molar-refractivity contribution in [1.82, 2.24) is 15.1 Å². The van der Waals surface area contributed by atoms with Crippen LogP contribution in [0.5, 0.6) is 0 Å². The number of hydrogen-bond donors (Lipinski definition) is 1. The fourth-order valence-corrected chi connectivity index (χ4v) is 3.22. The van der Waals surface area contributed by atoms with Crippen LogP contribution < -0.4 is 5.32 Å². The fourth-order valence-electron chi connectivity index (χ4n) is 3.22. The van der Waals surface area contributed by atoms with Gasteiger partial charge < -0.3 is 15.1 Å². The molecule has 1 N–H and O–H groups in total. The van der Waals surface area contributed by atoms with E-state index in [-0.39, 0.29) is 29.9 Å². The minimum absolute atomic E-state index is 0. The first-order chi connectivity index (χ1) is 9.11. The normalized spacial score (nSPS) is 25.8. The Morgan fingerprint density at radius 1 is 1.25 bits per heavy atom. The highest BCUT2D eigenvalue weighted by molar-refractivity contribution is 14.0.